The van der Waals surface area contributed by atoms with Crippen LogP contribution in [0, 0.1) is 23.7 Å². The van der Waals surface area contributed by atoms with Crippen molar-refractivity contribution in [1.29, 1.82) is 0 Å². The van der Waals surface area contributed by atoms with Crippen LogP contribution in [0.15, 0.2) is 27.1 Å². The normalized spacial score (nSPS) is 17.4. The summed E-state index contributed by atoms with van der Waals surface area (Å²) in [6, 6.07) is -1.55. The molecule has 272 valence electrons. The molecule has 3 heterocycles. The quantitative estimate of drug-likeness (QED) is 0.130. The highest BCUT2D eigenvalue weighted by Gasteiger charge is 2.39. The Bertz CT molecular complexity index is 1650. The molecule has 0 fully saturated rings. The number of allylic oxidation sites excluding steroid dienone is 1. The molecule has 3 N–H and O–H groups in total. The Labute approximate surface area is 301 Å². The highest BCUT2D eigenvalue weighted by Crippen LogP contribution is 2.30. The third-order valence-electron chi connectivity index (χ3n) is 6.52. The van der Waals surface area contributed by atoms with Crippen LogP contribution >= 0.6 is 34.4 Å². The molecule has 16 nitrogen and oxygen atoms in total. The van der Waals surface area contributed by atoms with Crippen molar-refractivity contribution in [3.63, 3.8) is 0 Å². The molecular weight excluding hydrogens is 713 g/mol. The first-order chi connectivity index (χ1) is 23.4. The van der Waals surface area contributed by atoms with Crippen molar-refractivity contribution in [3.8, 4) is 0 Å². The molecule has 50 heavy (non-hydrogen) atoms. The zero-order valence-corrected chi connectivity index (χ0v) is 31.3. The number of carbonyl (C=O) groups excluding carboxylic acids is 5. The lowest BCUT2D eigenvalue weighted by molar-refractivity contribution is -0.175. The number of nitrogens with one attached hydrogen (secondary N) is 1. The Hall–Kier alpha value is -4.36. The van der Waals surface area contributed by atoms with E-state index in [2.05, 4.69) is 25.4 Å². The summed E-state index contributed by atoms with van der Waals surface area (Å²) >= 11 is 3.60. The summed E-state index contributed by atoms with van der Waals surface area (Å²) < 4.78 is 20.7. The second-order valence-corrected chi connectivity index (χ2v) is 15.6. The number of hydrogen-bond donors (Lipinski definition) is 2. The molecule has 1 amide bonds. The lowest BCUT2D eigenvalue weighted by Gasteiger charge is -2.29. The molecule has 0 spiro atoms. The Balaban J connectivity index is 1.96. The first-order valence-electron chi connectivity index (χ1n) is 15.0. The monoisotopic (exact) mass is 752 g/mol. The number of nitrogen functional groups attached to an aromatic ring is 1. The van der Waals surface area contributed by atoms with E-state index in [4.69, 9.17) is 29.5 Å². The minimum absolute atomic E-state index is 0.0792. The second-order valence-electron chi connectivity index (χ2n) is 12.6. The van der Waals surface area contributed by atoms with Gasteiger partial charge in [-0.25, -0.2) is 19.6 Å². The zero-order chi connectivity index (χ0) is 37.2. The minimum Gasteiger partial charge on any atom is -0.427 e. The number of aliphatic imine (C=N–C) groups is 1. The van der Waals surface area contributed by atoms with Crippen molar-refractivity contribution in [2.75, 3.05) is 32.2 Å². The topological polar surface area (TPSA) is 220 Å². The van der Waals surface area contributed by atoms with Gasteiger partial charge in [0.05, 0.1) is 22.0 Å². The maximum Gasteiger partial charge on any atom is 0.355 e. The molecule has 1 aliphatic rings. The van der Waals surface area contributed by atoms with E-state index in [1.165, 1.54) is 23.8 Å². The van der Waals surface area contributed by atoms with E-state index < -0.39 is 71.5 Å². The number of ether oxygens (including phenoxy) is 4. The van der Waals surface area contributed by atoms with E-state index in [0.717, 1.165) is 33.7 Å². The van der Waals surface area contributed by atoms with Gasteiger partial charge in [-0.15, -0.1) is 34.4 Å². The summed E-state index contributed by atoms with van der Waals surface area (Å²) in [7, 11) is 1.22. The number of amides is 1. The highest BCUT2D eigenvalue weighted by molar-refractivity contribution is 8.00. The van der Waals surface area contributed by atoms with Gasteiger partial charge in [-0.05, 0) is 54.5 Å². The van der Waals surface area contributed by atoms with Crippen molar-refractivity contribution in [2.24, 2.45) is 26.9 Å². The van der Waals surface area contributed by atoms with E-state index in [0.29, 0.717) is 0 Å². The fraction of sp³-hybridized carbons (Fsp3) is 0.516. The Kier molecular flexibility index (Phi) is 14.0. The third kappa shape index (κ3) is 11.3. The number of esters is 4. The van der Waals surface area contributed by atoms with Crippen molar-refractivity contribution < 1.29 is 47.8 Å². The third-order valence-corrected chi connectivity index (χ3v) is 9.36. The second kappa shape index (κ2) is 17.5. The van der Waals surface area contributed by atoms with Gasteiger partial charge in [0.1, 0.15) is 23.9 Å². The molecule has 2 aromatic rings. The zero-order valence-electron chi connectivity index (χ0n) is 28.8. The summed E-state index contributed by atoms with van der Waals surface area (Å²) in [6.45, 7) is 10.2. The van der Waals surface area contributed by atoms with Crippen molar-refractivity contribution in [1.82, 2.24) is 15.3 Å². The molecule has 19 heteroatoms. The molecule has 0 radical (unpaired) electrons. The molecule has 3 atom stereocenters. The van der Waals surface area contributed by atoms with E-state index in [-0.39, 0.29) is 28.0 Å². The molecule has 0 saturated carbocycles. The number of carbonyl (C=O) groups is 5. The fourth-order valence-corrected chi connectivity index (χ4v) is 6.26. The van der Waals surface area contributed by atoms with Crippen LogP contribution in [0.3, 0.4) is 0 Å². The summed E-state index contributed by atoms with van der Waals surface area (Å²) in [5, 5.41) is 6.78. The number of thiazole rings is 2. The number of hydrogen-bond acceptors (Lipinski definition) is 18. The van der Waals surface area contributed by atoms with E-state index in [1.54, 1.807) is 59.2 Å². The van der Waals surface area contributed by atoms with Crippen molar-refractivity contribution >= 4 is 86.9 Å². The van der Waals surface area contributed by atoms with Gasteiger partial charge >= 0.3 is 23.9 Å². The predicted octanol–water partition coefficient (Wildman–Crippen LogP) is 3.35. The van der Waals surface area contributed by atoms with Gasteiger partial charge in [0, 0.05) is 21.9 Å². The Morgan fingerprint density at radius 2 is 1.66 bits per heavy atom. The maximum atomic E-state index is 13.5. The molecule has 0 aromatic carbocycles. The molecule has 0 saturated heterocycles. The van der Waals surface area contributed by atoms with Crippen LogP contribution in [0.4, 0.5) is 5.13 Å². The predicted molar refractivity (Wildman–Crippen MR) is 188 cm³/mol. The molecule has 0 aliphatic carbocycles. The van der Waals surface area contributed by atoms with Crippen LogP contribution in [-0.2, 0) is 47.8 Å². The van der Waals surface area contributed by atoms with Crippen LogP contribution in [0.5, 0.6) is 0 Å². The number of thioether (sulfide) groups is 1. The molecule has 1 aliphatic heterocycles. The van der Waals surface area contributed by atoms with Crippen molar-refractivity contribution in [3.05, 3.63) is 33.2 Å². The van der Waals surface area contributed by atoms with Crippen LogP contribution in [0.25, 0.3) is 6.08 Å². The van der Waals surface area contributed by atoms with Crippen LogP contribution < -0.4 is 11.1 Å². The lowest BCUT2D eigenvalue weighted by atomic mass is 9.97. The lowest BCUT2D eigenvalue weighted by Crippen LogP contribution is -2.52. The number of oxime groups is 1. The van der Waals surface area contributed by atoms with Gasteiger partial charge in [0.25, 0.3) is 5.91 Å². The number of rotatable bonds is 13. The number of aromatic nitrogens is 2. The summed E-state index contributed by atoms with van der Waals surface area (Å²) in [6.07, 6.45) is 3.55. The average molecular weight is 753 g/mol. The fourth-order valence-electron chi connectivity index (χ4n) is 3.77. The number of nitrogens with zero attached hydrogens (tertiary/aromatic N) is 4. The first kappa shape index (κ1) is 40.1. The average Bonchev–Trinajstić information content (AvgIpc) is 3.67. The smallest absolute Gasteiger partial charge is 0.355 e. The molecule has 2 aromatic heterocycles. The number of aryl methyl sites for hydroxylation is 1. The molecular formula is C31H40N6O10S3. The van der Waals surface area contributed by atoms with Gasteiger partial charge in [-0.3, -0.25) is 19.4 Å². The van der Waals surface area contributed by atoms with Crippen LogP contribution in [0.2, 0.25) is 0 Å². The largest absolute Gasteiger partial charge is 0.427 e. The Morgan fingerprint density at radius 1 is 1.02 bits per heavy atom. The van der Waals surface area contributed by atoms with Gasteiger partial charge < -0.3 is 34.8 Å². The van der Waals surface area contributed by atoms with Gasteiger partial charge in [0.2, 0.25) is 13.6 Å². The Morgan fingerprint density at radius 3 is 2.20 bits per heavy atom. The molecule has 0 bridgehead atoms. The SMILES string of the molecule is CO/N=C(\C(=O)NC(C(=O)OCOC(=O)C(C)(C)C)C1N=C(C(=O)OCOC(=O)C(C)(C)C)C(/C=C\c2scnc2C)CS1)c1csc(N)n1. The van der Waals surface area contributed by atoms with E-state index in [9.17, 15) is 24.0 Å². The van der Waals surface area contributed by atoms with Crippen LogP contribution in [0.1, 0.15) is 57.8 Å². The van der Waals surface area contributed by atoms with Crippen LogP contribution in [-0.4, -0.2) is 89.0 Å². The minimum atomic E-state index is -1.55. The molecule has 3 rings (SSSR count). The summed E-state index contributed by atoms with van der Waals surface area (Å²) in [4.78, 5) is 83.6. The van der Waals surface area contributed by atoms with E-state index >= 15 is 0 Å². The molecule has 3 unspecified atom stereocenters. The number of anilines is 1. The highest BCUT2D eigenvalue weighted by atomic mass is 32.2. The first-order valence-corrected chi connectivity index (χ1v) is 17.8. The maximum absolute atomic E-state index is 13.5. The van der Waals surface area contributed by atoms with Gasteiger partial charge in [-0.1, -0.05) is 11.2 Å². The summed E-state index contributed by atoms with van der Waals surface area (Å²) in [5.41, 5.74) is 6.18. The van der Waals surface area contributed by atoms with Gasteiger partial charge in [0.15, 0.2) is 16.9 Å². The summed E-state index contributed by atoms with van der Waals surface area (Å²) in [5.74, 6) is -4.48. The standard InChI is InChI=1S/C31H40N6O10S3/c1-16-19(50-13-33-16)10-9-17-11-48-24(36-20(17)25(39)44-14-46-27(41)30(2,3)4)22(26(40)45-15-47-28(42)31(5,6)7)35-23(38)21(37-43-8)18-12-49-29(32)34-18/h9-10,12-13,17,22,24H,11,14-15H2,1-8H3,(H2,32,34)(H,35,38)/b10-9-,37-21-. The van der Waals surface area contributed by atoms with Gasteiger partial charge in [-0.2, -0.15) is 0 Å². The number of nitrogens with two attached hydrogens (primary N) is 1. The van der Waals surface area contributed by atoms with E-state index in [1.807, 2.05) is 6.92 Å². The van der Waals surface area contributed by atoms with Crippen molar-refractivity contribution in [2.45, 2.75) is 59.9 Å².